The maximum atomic E-state index is 14.2. The van der Waals surface area contributed by atoms with Gasteiger partial charge in [0, 0.05) is 38.3 Å². The van der Waals surface area contributed by atoms with Crippen LogP contribution in [0.1, 0.15) is 43.4 Å². The summed E-state index contributed by atoms with van der Waals surface area (Å²) in [6.07, 6.45) is -1.55. The predicted octanol–water partition coefficient (Wildman–Crippen LogP) is 5.50. The monoisotopic (exact) mass is 587 g/mol. The first-order valence-corrected chi connectivity index (χ1v) is 14.5. The molecule has 1 aliphatic heterocycles. The molecule has 1 heterocycles. The minimum Gasteiger partial charge on any atom is -0.496 e. The van der Waals surface area contributed by atoms with E-state index in [1.165, 1.54) is 4.90 Å². The fourth-order valence-corrected chi connectivity index (χ4v) is 5.47. The van der Waals surface area contributed by atoms with E-state index >= 15 is 0 Å². The van der Waals surface area contributed by atoms with E-state index in [2.05, 4.69) is 0 Å². The number of Topliss-reactive ketones (excluding diaryl/α,β-unsaturated/α-hetero) is 1. The van der Waals surface area contributed by atoms with Gasteiger partial charge in [-0.2, -0.15) is 0 Å². The van der Waals surface area contributed by atoms with Gasteiger partial charge in [0.15, 0.2) is 5.78 Å². The van der Waals surface area contributed by atoms with Crippen LogP contribution in [0, 0.1) is 0 Å². The van der Waals surface area contributed by atoms with Crippen LogP contribution in [0.3, 0.4) is 0 Å². The Bertz CT molecular complexity index is 1340. The number of ketones is 1. The van der Waals surface area contributed by atoms with Crippen molar-refractivity contribution >= 4 is 18.0 Å². The van der Waals surface area contributed by atoms with Crippen LogP contribution in [-0.2, 0) is 16.1 Å². The summed E-state index contributed by atoms with van der Waals surface area (Å²) in [7, 11) is 1.60. The van der Waals surface area contributed by atoms with Crippen LogP contribution >= 0.6 is 0 Å². The maximum Gasteiger partial charge on any atom is 0.410 e. The highest BCUT2D eigenvalue weighted by Gasteiger charge is 2.37. The zero-order valence-corrected chi connectivity index (χ0v) is 25.3. The van der Waals surface area contributed by atoms with Crippen LogP contribution in [0.25, 0.3) is 0 Å². The van der Waals surface area contributed by atoms with Crippen LogP contribution < -0.4 is 4.74 Å². The van der Waals surface area contributed by atoms with Crippen LogP contribution in [0.2, 0.25) is 0 Å². The average Bonchev–Trinajstić information content (AvgIpc) is 2.97. The normalized spacial score (nSPS) is 15.4. The molecule has 1 saturated heterocycles. The van der Waals surface area contributed by atoms with Gasteiger partial charge in [0.2, 0.25) is 0 Å². The van der Waals surface area contributed by atoms with Crippen molar-refractivity contribution in [1.29, 1.82) is 0 Å². The molecule has 4 rings (SSSR count). The van der Waals surface area contributed by atoms with E-state index in [1.54, 1.807) is 32.8 Å². The number of ether oxygens (including phenoxy) is 2. The van der Waals surface area contributed by atoms with Gasteiger partial charge in [0.05, 0.1) is 25.6 Å². The maximum absolute atomic E-state index is 14.2. The quantitative estimate of drug-likeness (QED) is 0.335. The van der Waals surface area contributed by atoms with E-state index in [0.29, 0.717) is 12.3 Å². The van der Waals surface area contributed by atoms with Gasteiger partial charge in [-0.3, -0.25) is 9.69 Å². The number of carboxylic acid groups (broad SMARTS) is 1. The number of benzene rings is 3. The van der Waals surface area contributed by atoms with E-state index in [1.807, 2.05) is 89.8 Å². The van der Waals surface area contributed by atoms with Gasteiger partial charge >= 0.3 is 12.2 Å². The molecule has 9 nitrogen and oxygen atoms in total. The number of carbonyl (C=O) groups is 3. The first kappa shape index (κ1) is 31.6. The summed E-state index contributed by atoms with van der Waals surface area (Å²) in [5.74, 6) is 0.177. The molecule has 9 heteroatoms. The number of hydrogen-bond acceptors (Lipinski definition) is 6. The van der Waals surface area contributed by atoms with Gasteiger partial charge in [0.25, 0.3) is 0 Å². The molecule has 228 valence electrons. The lowest BCUT2D eigenvalue weighted by molar-refractivity contribution is -0.121. The molecule has 43 heavy (non-hydrogen) atoms. The highest BCUT2D eigenvalue weighted by atomic mass is 16.6. The summed E-state index contributed by atoms with van der Waals surface area (Å²) in [6, 6.07) is 26.4. The highest BCUT2D eigenvalue weighted by molar-refractivity contribution is 5.90. The van der Waals surface area contributed by atoms with E-state index in [9.17, 15) is 19.5 Å². The fourth-order valence-electron chi connectivity index (χ4n) is 5.47. The van der Waals surface area contributed by atoms with E-state index in [0.717, 1.165) is 16.7 Å². The second-order valence-electron chi connectivity index (χ2n) is 11.8. The lowest BCUT2D eigenvalue weighted by Crippen LogP contribution is -2.60. The Hall–Kier alpha value is -4.37. The fraction of sp³-hybridized carbons (Fsp3) is 0.382. The molecule has 0 bridgehead atoms. The van der Waals surface area contributed by atoms with Gasteiger partial charge < -0.3 is 24.4 Å². The van der Waals surface area contributed by atoms with E-state index < -0.39 is 29.7 Å². The Balaban J connectivity index is 1.68. The number of methoxy groups -OCH3 is 1. The molecule has 0 aromatic heterocycles. The molecule has 3 aromatic rings. The van der Waals surface area contributed by atoms with Gasteiger partial charge in [-0.1, -0.05) is 78.9 Å². The highest BCUT2D eigenvalue weighted by Crippen LogP contribution is 2.28. The zero-order valence-electron chi connectivity index (χ0n) is 25.3. The van der Waals surface area contributed by atoms with Crippen molar-refractivity contribution in [3.05, 3.63) is 102 Å². The molecule has 0 radical (unpaired) electrons. The summed E-state index contributed by atoms with van der Waals surface area (Å²) in [4.78, 5) is 44.3. The Morgan fingerprint density at radius 1 is 0.907 bits per heavy atom. The number of piperazine rings is 1. The molecular weight excluding hydrogens is 546 g/mol. The molecule has 1 N–H and O–H groups in total. The Morgan fingerprint density at radius 2 is 1.49 bits per heavy atom. The Labute approximate surface area is 253 Å². The topological polar surface area (TPSA) is 99.6 Å². The number of hydrogen-bond donors (Lipinski definition) is 1. The molecule has 0 spiro atoms. The number of carbonyl (C=O) groups excluding carboxylic acids is 2. The Morgan fingerprint density at radius 3 is 2.05 bits per heavy atom. The minimum atomic E-state index is -1.05. The molecule has 3 aromatic carbocycles. The first-order valence-electron chi connectivity index (χ1n) is 14.5. The number of rotatable bonds is 10. The SMILES string of the molecule is COc1ccccc1CN(CC(=O)C(c1ccccc1)c1ccccc1)C[C@@H]1CN(C(=O)O)CCN1C(=O)OC(C)(C)C. The third-order valence-corrected chi connectivity index (χ3v) is 7.40. The van der Waals surface area contributed by atoms with E-state index in [-0.39, 0.29) is 38.5 Å². The molecule has 0 saturated carbocycles. The van der Waals surface area contributed by atoms with Crippen molar-refractivity contribution < 1.29 is 29.0 Å². The zero-order chi connectivity index (χ0) is 31.0. The third-order valence-electron chi connectivity index (χ3n) is 7.40. The lowest BCUT2D eigenvalue weighted by Gasteiger charge is -2.42. The second-order valence-corrected chi connectivity index (χ2v) is 11.8. The van der Waals surface area contributed by atoms with Crippen LogP contribution in [0.4, 0.5) is 9.59 Å². The molecule has 1 aliphatic rings. The number of para-hydroxylation sites is 1. The summed E-state index contributed by atoms with van der Waals surface area (Å²) >= 11 is 0. The van der Waals surface area contributed by atoms with Crippen molar-refractivity contribution in [2.24, 2.45) is 0 Å². The lowest BCUT2D eigenvalue weighted by atomic mass is 9.87. The second kappa shape index (κ2) is 14.2. The summed E-state index contributed by atoms with van der Waals surface area (Å²) in [6.45, 7) is 6.55. The average molecular weight is 588 g/mol. The largest absolute Gasteiger partial charge is 0.496 e. The summed E-state index contributed by atoms with van der Waals surface area (Å²) in [5, 5.41) is 9.78. The van der Waals surface area contributed by atoms with Crippen molar-refractivity contribution in [2.75, 3.05) is 39.8 Å². The van der Waals surface area contributed by atoms with Crippen LogP contribution in [-0.4, -0.2) is 89.3 Å². The van der Waals surface area contributed by atoms with Crippen molar-refractivity contribution in [3.63, 3.8) is 0 Å². The molecule has 0 aliphatic carbocycles. The van der Waals surface area contributed by atoms with Gasteiger partial charge in [0.1, 0.15) is 11.4 Å². The van der Waals surface area contributed by atoms with Crippen molar-refractivity contribution in [2.45, 2.75) is 44.9 Å². The summed E-state index contributed by atoms with van der Waals surface area (Å²) < 4.78 is 11.3. The molecule has 1 fully saturated rings. The minimum absolute atomic E-state index is 0.0120. The third kappa shape index (κ3) is 8.58. The number of amides is 2. The first-order chi connectivity index (χ1) is 20.6. The molecule has 0 unspecified atom stereocenters. The molecule has 1 atom stereocenters. The van der Waals surface area contributed by atoms with Gasteiger partial charge in [-0.05, 0) is 38.0 Å². The van der Waals surface area contributed by atoms with Gasteiger partial charge in [-0.15, -0.1) is 0 Å². The van der Waals surface area contributed by atoms with Crippen molar-refractivity contribution in [3.8, 4) is 5.75 Å². The van der Waals surface area contributed by atoms with Crippen molar-refractivity contribution in [1.82, 2.24) is 14.7 Å². The van der Waals surface area contributed by atoms with Gasteiger partial charge in [-0.25, -0.2) is 9.59 Å². The van der Waals surface area contributed by atoms with Crippen LogP contribution in [0.5, 0.6) is 5.75 Å². The predicted molar refractivity (Wildman–Crippen MR) is 164 cm³/mol. The molecule has 2 amide bonds. The standard InChI is InChI=1S/C34H41N3O6/c1-34(2,3)43-33(41)37-20-19-36(32(39)40)23-28(37)22-35(21-27-17-11-12-18-30(27)42-4)24-29(38)31(25-13-7-5-8-14-25)26-15-9-6-10-16-26/h5-18,28,31H,19-24H2,1-4H3,(H,39,40)/t28-/m1/s1. The van der Waals surface area contributed by atoms with E-state index in [4.69, 9.17) is 9.47 Å². The Kier molecular flexibility index (Phi) is 10.4. The number of nitrogens with zero attached hydrogens (tertiary/aromatic N) is 3. The smallest absolute Gasteiger partial charge is 0.410 e. The summed E-state index contributed by atoms with van der Waals surface area (Å²) in [5.41, 5.74) is 1.95. The molecular formula is C34H41N3O6. The van der Waals surface area contributed by atoms with Crippen LogP contribution in [0.15, 0.2) is 84.9 Å².